The Morgan fingerprint density at radius 2 is 1.43 bits per heavy atom. The summed E-state index contributed by atoms with van der Waals surface area (Å²) in [5.74, 6) is -0.216. The molecular weight excluding hydrogens is 488 g/mol. The second kappa shape index (κ2) is 11.1. The number of hydrogen-bond donors (Lipinski definition) is 3. The molecule has 4 aromatic carbocycles. The van der Waals surface area contributed by atoms with Gasteiger partial charge in [0.05, 0.1) is 39.3 Å². The molecule has 0 spiro atoms. The first-order valence-electron chi connectivity index (χ1n) is 10.0. The Balaban J connectivity index is 1.86. The standard InChI is InChI=1S/C23H18N6O4S2/c1-33-35-18-12-13-11-17(34-32)21(27-26-15-7-9-16(29-31)10-8-15)20(24)19(13)23(30)22(18)28-25-14-5-3-2-4-6-14/h2-12,30,32H,24H2,1H3. The summed E-state index contributed by atoms with van der Waals surface area (Å²) in [7, 11) is 1.49. The molecule has 35 heavy (non-hydrogen) atoms. The largest absolute Gasteiger partial charge is 0.505 e. The molecule has 0 fully saturated rings. The third-order valence-electron chi connectivity index (χ3n) is 4.83. The predicted octanol–water partition coefficient (Wildman–Crippen LogP) is 8.57. The smallest absolute Gasteiger partial charge is 0.154 e. The molecule has 0 bridgehead atoms. The number of phenolic OH excluding ortho intramolecular Hbond substituents is 1. The van der Waals surface area contributed by atoms with Crippen LogP contribution >= 0.6 is 24.1 Å². The maximum Gasteiger partial charge on any atom is 0.154 e. The molecule has 176 valence electrons. The zero-order chi connectivity index (χ0) is 24.8. The normalized spacial score (nSPS) is 11.6. The van der Waals surface area contributed by atoms with Crippen molar-refractivity contribution in [2.24, 2.45) is 25.6 Å². The van der Waals surface area contributed by atoms with E-state index in [2.05, 4.69) is 25.6 Å². The fourth-order valence-electron chi connectivity index (χ4n) is 3.22. The Morgan fingerprint density at radius 1 is 0.829 bits per heavy atom. The highest BCUT2D eigenvalue weighted by Crippen LogP contribution is 2.50. The van der Waals surface area contributed by atoms with Crippen LogP contribution in [0.1, 0.15) is 0 Å². The topological polar surface area (TPSA) is 155 Å². The number of fused-ring (bicyclic) bond motifs is 1. The molecule has 0 saturated carbocycles. The molecule has 0 amide bonds. The van der Waals surface area contributed by atoms with E-state index in [1.807, 2.05) is 18.2 Å². The average Bonchev–Trinajstić information content (AvgIpc) is 2.88. The van der Waals surface area contributed by atoms with E-state index < -0.39 is 0 Å². The zero-order valence-electron chi connectivity index (χ0n) is 18.2. The summed E-state index contributed by atoms with van der Waals surface area (Å²) >= 11 is 1.46. The van der Waals surface area contributed by atoms with Crippen molar-refractivity contribution >= 4 is 69.0 Å². The van der Waals surface area contributed by atoms with Crippen LogP contribution in [0.2, 0.25) is 0 Å². The van der Waals surface area contributed by atoms with Crippen molar-refractivity contribution in [1.29, 1.82) is 0 Å². The minimum Gasteiger partial charge on any atom is -0.505 e. The third kappa shape index (κ3) is 5.30. The van der Waals surface area contributed by atoms with E-state index in [4.69, 9.17) is 9.92 Å². The molecule has 4 N–H and O–H groups in total. The van der Waals surface area contributed by atoms with Crippen molar-refractivity contribution in [2.75, 3.05) is 12.8 Å². The first-order chi connectivity index (χ1) is 17.0. The summed E-state index contributed by atoms with van der Waals surface area (Å²) in [6, 6.07) is 18.5. The van der Waals surface area contributed by atoms with E-state index in [1.54, 1.807) is 36.4 Å². The first-order valence-corrected chi connectivity index (χ1v) is 11.5. The summed E-state index contributed by atoms with van der Waals surface area (Å²) in [4.78, 5) is 11.4. The number of nitrogen functional groups attached to an aromatic ring is 1. The molecule has 12 heteroatoms. The van der Waals surface area contributed by atoms with Gasteiger partial charge in [-0.05, 0) is 59.1 Å². The average molecular weight is 507 g/mol. The van der Waals surface area contributed by atoms with Crippen molar-refractivity contribution < 1.29 is 13.8 Å². The molecule has 0 aliphatic carbocycles. The van der Waals surface area contributed by atoms with Gasteiger partial charge in [-0.25, -0.2) is 0 Å². The van der Waals surface area contributed by atoms with Crippen molar-refractivity contribution in [3.8, 4) is 5.75 Å². The fourth-order valence-corrected chi connectivity index (χ4v) is 4.21. The van der Waals surface area contributed by atoms with Crippen molar-refractivity contribution in [2.45, 2.75) is 9.79 Å². The molecular formula is C23H18N6O4S2. The van der Waals surface area contributed by atoms with Gasteiger partial charge in [0.15, 0.2) is 5.75 Å². The van der Waals surface area contributed by atoms with Crippen LogP contribution in [0.15, 0.2) is 102 Å². The molecule has 4 aromatic rings. The summed E-state index contributed by atoms with van der Waals surface area (Å²) in [6.07, 6.45) is 0. The van der Waals surface area contributed by atoms with Crippen LogP contribution in [0.5, 0.6) is 5.75 Å². The van der Waals surface area contributed by atoms with E-state index >= 15 is 0 Å². The summed E-state index contributed by atoms with van der Waals surface area (Å²) in [6.45, 7) is 0. The van der Waals surface area contributed by atoms with Gasteiger partial charge in [0, 0.05) is 24.1 Å². The highest BCUT2D eigenvalue weighted by Gasteiger charge is 2.20. The monoisotopic (exact) mass is 506 g/mol. The Bertz CT molecular complexity index is 1430. The lowest BCUT2D eigenvalue weighted by Crippen LogP contribution is -1.92. The van der Waals surface area contributed by atoms with Gasteiger partial charge in [-0.3, -0.25) is 0 Å². The molecule has 0 radical (unpaired) electrons. The van der Waals surface area contributed by atoms with Gasteiger partial charge < -0.3 is 19.6 Å². The van der Waals surface area contributed by atoms with Crippen molar-refractivity contribution in [3.63, 3.8) is 0 Å². The van der Waals surface area contributed by atoms with Gasteiger partial charge in [-0.1, -0.05) is 18.2 Å². The van der Waals surface area contributed by atoms with Gasteiger partial charge in [0.2, 0.25) is 0 Å². The van der Waals surface area contributed by atoms with Crippen LogP contribution in [0.3, 0.4) is 0 Å². The highest BCUT2D eigenvalue weighted by molar-refractivity contribution is 7.94. The molecule has 0 atom stereocenters. The molecule has 0 unspecified atom stereocenters. The number of rotatable bonds is 8. The highest BCUT2D eigenvalue weighted by atomic mass is 32.2. The lowest BCUT2D eigenvalue weighted by molar-refractivity contribution is 0.478. The zero-order valence-corrected chi connectivity index (χ0v) is 19.8. The van der Waals surface area contributed by atoms with Crippen LogP contribution in [0, 0.1) is 4.91 Å². The van der Waals surface area contributed by atoms with Crippen molar-refractivity contribution in [3.05, 3.63) is 71.6 Å². The molecule has 0 aliphatic rings. The lowest BCUT2D eigenvalue weighted by atomic mass is 10.1. The second-order valence-corrected chi connectivity index (χ2v) is 8.55. The minimum atomic E-state index is -0.216. The molecule has 0 heterocycles. The molecule has 0 aliphatic heterocycles. The Morgan fingerprint density at radius 3 is 2.06 bits per heavy atom. The van der Waals surface area contributed by atoms with Crippen LogP contribution in [0.25, 0.3) is 10.8 Å². The summed E-state index contributed by atoms with van der Waals surface area (Å²) in [5.41, 5.74) is 8.13. The number of benzene rings is 4. The molecule has 0 aromatic heterocycles. The molecule has 0 saturated heterocycles. The van der Waals surface area contributed by atoms with E-state index in [0.29, 0.717) is 38.6 Å². The van der Waals surface area contributed by atoms with Crippen LogP contribution < -0.4 is 5.73 Å². The number of hydrogen-bond acceptors (Lipinski definition) is 12. The number of nitrogens with two attached hydrogens (primary N) is 1. The number of azo groups is 2. The number of anilines is 1. The number of phenols is 1. The molecule has 4 rings (SSSR count). The van der Waals surface area contributed by atoms with E-state index in [9.17, 15) is 14.6 Å². The van der Waals surface area contributed by atoms with Crippen molar-refractivity contribution in [1.82, 2.24) is 0 Å². The molecule has 10 nitrogen and oxygen atoms in total. The third-order valence-corrected chi connectivity index (χ3v) is 5.99. The minimum absolute atomic E-state index is 0.0941. The first kappa shape index (κ1) is 24.3. The summed E-state index contributed by atoms with van der Waals surface area (Å²) < 4.78 is 15.1. The Kier molecular flexibility index (Phi) is 7.67. The quantitative estimate of drug-likeness (QED) is 0.0935. The van der Waals surface area contributed by atoms with Gasteiger partial charge in [0.1, 0.15) is 17.1 Å². The van der Waals surface area contributed by atoms with Crippen LogP contribution in [-0.4, -0.2) is 16.8 Å². The maximum absolute atomic E-state index is 11.2. The predicted molar refractivity (Wildman–Crippen MR) is 138 cm³/mol. The second-order valence-electron chi connectivity index (χ2n) is 6.99. The fraction of sp³-hybridized carbons (Fsp3) is 0.0435. The number of aromatic hydroxyl groups is 1. The lowest BCUT2D eigenvalue weighted by Gasteiger charge is -2.14. The van der Waals surface area contributed by atoms with E-state index in [0.717, 1.165) is 12.0 Å². The number of nitrogens with zero attached hydrogens (tertiary/aromatic N) is 5. The van der Waals surface area contributed by atoms with E-state index in [1.165, 1.54) is 19.2 Å². The maximum atomic E-state index is 11.2. The van der Waals surface area contributed by atoms with Crippen LogP contribution in [-0.2, 0) is 4.18 Å². The van der Waals surface area contributed by atoms with Gasteiger partial charge in [-0.15, -0.1) is 15.1 Å². The summed E-state index contributed by atoms with van der Waals surface area (Å²) in [5, 5.41) is 31.6. The van der Waals surface area contributed by atoms with Gasteiger partial charge in [-0.2, -0.15) is 10.2 Å². The van der Waals surface area contributed by atoms with Crippen LogP contribution in [0.4, 0.5) is 34.1 Å². The SMILES string of the molecule is COSc1cc2cc(SO)c(N=Nc3ccc(N=O)cc3)c(N)c2c(O)c1N=Nc1ccccc1. The van der Waals surface area contributed by atoms with E-state index in [-0.39, 0.29) is 33.9 Å². The Labute approximate surface area is 208 Å². The number of nitroso groups, excluding NO2 is 1. The Hall–Kier alpha value is -3.84. The van der Waals surface area contributed by atoms with Gasteiger partial charge >= 0.3 is 0 Å². The van der Waals surface area contributed by atoms with Gasteiger partial charge in [0.25, 0.3) is 0 Å².